The number of rotatable bonds is 5. The molecule has 0 saturated heterocycles. The molecule has 5 heteroatoms. The summed E-state index contributed by atoms with van der Waals surface area (Å²) in [5.41, 5.74) is 0. The van der Waals surface area contributed by atoms with Crippen LogP contribution in [0.4, 0.5) is 5.82 Å². The fourth-order valence-electron chi connectivity index (χ4n) is 1.37. The summed E-state index contributed by atoms with van der Waals surface area (Å²) in [5, 5.41) is 4.25. The Morgan fingerprint density at radius 3 is 2.89 bits per heavy atom. The van der Waals surface area contributed by atoms with Crippen molar-refractivity contribution in [1.82, 2.24) is 9.97 Å². The van der Waals surface area contributed by atoms with Gasteiger partial charge in [-0.05, 0) is 46.6 Å². The predicted molar refractivity (Wildman–Crippen MR) is 79.1 cm³/mol. The molecule has 0 aliphatic heterocycles. The van der Waals surface area contributed by atoms with E-state index in [4.69, 9.17) is 0 Å². The van der Waals surface area contributed by atoms with Gasteiger partial charge in [-0.1, -0.05) is 18.7 Å². The van der Waals surface area contributed by atoms with Crippen LogP contribution in [0.2, 0.25) is 0 Å². The normalized spacial score (nSPS) is 10.3. The van der Waals surface area contributed by atoms with Crippen LogP contribution in [0, 0.1) is 0 Å². The van der Waals surface area contributed by atoms with Crippen molar-refractivity contribution in [1.29, 1.82) is 0 Å². The molecule has 2 heterocycles. The lowest BCUT2D eigenvalue weighted by molar-refractivity contribution is 0.967. The quantitative estimate of drug-likeness (QED) is 0.894. The summed E-state index contributed by atoms with van der Waals surface area (Å²) in [5.74, 6) is 0.916. The molecule has 0 aromatic carbocycles. The molecule has 0 spiro atoms. The molecule has 18 heavy (non-hydrogen) atoms. The van der Waals surface area contributed by atoms with Crippen molar-refractivity contribution < 1.29 is 0 Å². The van der Waals surface area contributed by atoms with Crippen molar-refractivity contribution in [2.45, 2.75) is 23.3 Å². The Labute approximate surface area is 120 Å². The van der Waals surface area contributed by atoms with E-state index in [1.165, 1.54) is 0 Å². The molecular weight excluding hydrogens is 310 g/mol. The summed E-state index contributed by atoms with van der Waals surface area (Å²) in [7, 11) is 0. The Bertz CT molecular complexity index is 502. The summed E-state index contributed by atoms with van der Waals surface area (Å²) in [4.78, 5) is 9.76. The SMILES string of the molecule is CCCNc1cc(Sc2ccc(Br)cn2)ccn1. The number of aromatic nitrogens is 2. The van der Waals surface area contributed by atoms with E-state index >= 15 is 0 Å². The Balaban J connectivity index is 2.06. The highest BCUT2D eigenvalue weighted by Crippen LogP contribution is 2.27. The largest absolute Gasteiger partial charge is 0.370 e. The molecular formula is C13H14BrN3S. The number of nitrogens with one attached hydrogen (secondary N) is 1. The zero-order valence-corrected chi connectivity index (χ0v) is 12.5. The molecule has 3 nitrogen and oxygen atoms in total. The van der Waals surface area contributed by atoms with E-state index in [1.54, 1.807) is 18.0 Å². The minimum absolute atomic E-state index is 0.916. The Hall–Kier alpha value is -1.07. The van der Waals surface area contributed by atoms with Crippen LogP contribution < -0.4 is 5.32 Å². The van der Waals surface area contributed by atoms with Gasteiger partial charge in [-0.3, -0.25) is 0 Å². The molecule has 0 saturated carbocycles. The summed E-state index contributed by atoms with van der Waals surface area (Å²) >= 11 is 5.01. The fourth-order valence-corrected chi connectivity index (χ4v) is 2.38. The highest BCUT2D eigenvalue weighted by Gasteiger charge is 2.01. The van der Waals surface area contributed by atoms with Gasteiger partial charge in [-0.2, -0.15) is 0 Å². The molecule has 94 valence electrons. The van der Waals surface area contributed by atoms with Gasteiger partial charge >= 0.3 is 0 Å². The Morgan fingerprint density at radius 1 is 1.28 bits per heavy atom. The lowest BCUT2D eigenvalue weighted by atomic mass is 10.4. The minimum atomic E-state index is 0.916. The molecule has 2 aromatic heterocycles. The van der Waals surface area contributed by atoms with Crippen molar-refractivity contribution in [2.75, 3.05) is 11.9 Å². The van der Waals surface area contributed by atoms with Crippen molar-refractivity contribution in [3.8, 4) is 0 Å². The maximum absolute atomic E-state index is 4.34. The van der Waals surface area contributed by atoms with Gasteiger partial charge in [0, 0.05) is 28.3 Å². The molecule has 2 rings (SSSR count). The van der Waals surface area contributed by atoms with Gasteiger partial charge in [-0.15, -0.1) is 0 Å². The zero-order valence-electron chi connectivity index (χ0n) is 10.1. The minimum Gasteiger partial charge on any atom is -0.370 e. The second-order valence-electron chi connectivity index (χ2n) is 3.72. The Morgan fingerprint density at radius 2 is 2.17 bits per heavy atom. The van der Waals surface area contributed by atoms with E-state index in [9.17, 15) is 0 Å². The van der Waals surface area contributed by atoms with Gasteiger partial charge in [0.2, 0.25) is 0 Å². The number of hydrogen-bond donors (Lipinski definition) is 1. The molecule has 0 atom stereocenters. The molecule has 0 aliphatic rings. The van der Waals surface area contributed by atoms with Crippen molar-refractivity contribution in [3.63, 3.8) is 0 Å². The van der Waals surface area contributed by atoms with Crippen LogP contribution >= 0.6 is 27.7 Å². The first-order chi connectivity index (χ1) is 8.78. The second-order valence-corrected chi connectivity index (χ2v) is 5.73. The van der Waals surface area contributed by atoms with E-state index < -0.39 is 0 Å². The van der Waals surface area contributed by atoms with Gasteiger partial charge in [0.25, 0.3) is 0 Å². The molecule has 0 aliphatic carbocycles. The van der Waals surface area contributed by atoms with Crippen LogP contribution in [-0.2, 0) is 0 Å². The maximum Gasteiger partial charge on any atom is 0.127 e. The van der Waals surface area contributed by atoms with Crippen LogP contribution in [0.3, 0.4) is 0 Å². The summed E-state index contributed by atoms with van der Waals surface area (Å²) < 4.78 is 0.992. The van der Waals surface area contributed by atoms with E-state index in [1.807, 2.05) is 30.5 Å². The van der Waals surface area contributed by atoms with Gasteiger partial charge < -0.3 is 5.32 Å². The Kier molecular flexibility index (Phi) is 5.01. The molecule has 0 amide bonds. The van der Waals surface area contributed by atoms with E-state index in [2.05, 4.69) is 38.1 Å². The zero-order chi connectivity index (χ0) is 12.8. The average Bonchev–Trinajstić information content (AvgIpc) is 2.40. The smallest absolute Gasteiger partial charge is 0.127 e. The third kappa shape index (κ3) is 3.99. The molecule has 0 bridgehead atoms. The first kappa shape index (κ1) is 13.4. The number of anilines is 1. The molecule has 1 N–H and O–H groups in total. The van der Waals surface area contributed by atoms with Crippen molar-refractivity contribution >= 4 is 33.5 Å². The van der Waals surface area contributed by atoms with Crippen molar-refractivity contribution in [2.24, 2.45) is 0 Å². The summed E-state index contributed by atoms with van der Waals surface area (Å²) in [6, 6.07) is 8.02. The number of hydrogen-bond acceptors (Lipinski definition) is 4. The predicted octanol–water partition coefficient (Wildman–Crippen LogP) is 4.21. The van der Waals surface area contributed by atoms with Crippen LogP contribution in [0.25, 0.3) is 0 Å². The maximum atomic E-state index is 4.34. The van der Waals surface area contributed by atoms with E-state index in [-0.39, 0.29) is 0 Å². The van der Waals surface area contributed by atoms with E-state index in [0.29, 0.717) is 0 Å². The lowest BCUT2D eigenvalue weighted by Crippen LogP contribution is -2.01. The molecule has 0 radical (unpaired) electrons. The molecule has 0 unspecified atom stereocenters. The highest BCUT2D eigenvalue weighted by atomic mass is 79.9. The fraction of sp³-hybridized carbons (Fsp3) is 0.231. The third-order valence-electron chi connectivity index (χ3n) is 2.21. The van der Waals surface area contributed by atoms with Crippen molar-refractivity contribution in [3.05, 3.63) is 41.1 Å². The highest BCUT2D eigenvalue weighted by molar-refractivity contribution is 9.10. The van der Waals surface area contributed by atoms with Crippen LogP contribution in [0.5, 0.6) is 0 Å². The van der Waals surface area contributed by atoms with Crippen LogP contribution in [0.15, 0.2) is 51.1 Å². The molecule has 2 aromatic rings. The third-order valence-corrected chi connectivity index (χ3v) is 3.62. The standard InChI is InChI=1S/C13H14BrN3S/c1-2-6-15-12-8-11(5-7-16-12)18-13-4-3-10(14)9-17-13/h3-5,7-9H,2,6H2,1H3,(H,15,16). The monoisotopic (exact) mass is 323 g/mol. The van der Waals surface area contributed by atoms with Gasteiger partial charge in [0.15, 0.2) is 0 Å². The van der Waals surface area contributed by atoms with E-state index in [0.717, 1.165) is 33.2 Å². The molecule has 0 fully saturated rings. The van der Waals surface area contributed by atoms with Gasteiger partial charge in [0.1, 0.15) is 10.8 Å². The average molecular weight is 324 g/mol. The second kappa shape index (κ2) is 6.75. The first-order valence-electron chi connectivity index (χ1n) is 5.77. The topological polar surface area (TPSA) is 37.8 Å². The van der Waals surface area contributed by atoms with Gasteiger partial charge in [-0.25, -0.2) is 9.97 Å². The first-order valence-corrected chi connectivity index (χ1v) is 7.38. The van der Waals surface area contributed by atoms with Crippen LogP contribution in [0.1, 0.15) is 13.3 Å². The lowest BCUT2D eigenvalue weighted by Gasteiger charge is -2.05. The number of pyridine rings is 2. The number of halogens is 1. The van der Waals surface area contributed by atoms with Gasteiger partial charge in [0.05, 0.1) is 0 Å². The summed E-state index contributed by atoms with van der Waals surface area (Å²) in [6.45, 7) is 3.08. The number of nitrogens with zero attached hydrogens (tertiary/aromatic N) is 2. The van der Waals surface area contributed by atoms with Crippen LogP contribution in [-0.4, -0.2) is 16.5 Å². The summed E-state index contributed by atoms with van der Waals surface area (Å²) in [6.07, 6.45) is 4.71.